The lowest BCUT2D eigenvalue weighted by Crippen LogP contribution is -2.61. The molecule has 0 saturated carbocycles. The lowest BCUT2D eigenvalue weighted by molar-refractivity contribution is -0.157. The number of rotatable bonds is 5. The SMILES string of the molecule is O=C(O)CN(CC(=O)O)N1C(=O)CC(=O)NC1=O. The van der Waals surface area contributed by atoms with Crippen molar-refractivity contribution in [1.82, 2.24) is 15.3 Å². The molecular weight excluding hydrogens is 250 g/mol. The van der Waals surface area contributed by atoms with E-state index in [1.54, 1.807) is 5.32 Å². The molecule has 0 radical (unpaired) electrons. The Morgan fingerprint density at radius 1 is 1.17 bits per heavy atom. The number of hydrazine groups is 1. The Balaban J connectivity index is 2.92. The molecule has 3 N–H and O–H groups in total. The van der Waals surface area contributed by atoms with Crippen LogP contribution >= 0.6 is 0 Å². The summed E-state index contributed by atoms with van der Waals surface area (Å²) in [7, 11) is 0. The van der Waals surface area contributed by atoms with E-state index in [0.717, 1.165) is 0 Å². The van der Waals surface area contributed by atoms with Gasteiger partial charge in [0.05, 0.1) is 0 Å². The third-order valence-corrected chi connectivity index (χ3v) is 1.91. The average molecular weight is 259 g/mol. The van der Waals surface area contributed by atoms with Crippen LogP contribution in [0.1, 0.15) is 6.42 Å². The third-order valence-electron chi connectivity index (χ3n) is 1.91. The molecule has 0 atom stereocenters. The van der Waals surface area contributed by atoms with Gasteiger partial charge in [0.2, 0.25) is 5.91 Å². The van der Waals surface area contributed by atoms with Crippen LogP contribution in [0.5, 0.6) is 0 Å². The molecule has 1 fully saturated rings. The Bertz CT molecular complexity index is 396. The number of amides is 4. The number of aliphatic carboxylic acids is 2. The van der Waals surface area contributed by atoms with E-state index in [9.17, 15) is 24.0 Å². The molecule has 10 nitrogen and oxygen atoms in total. The van der Waals surface area contributed by atoms with Gasteiger partial charge in [-0.05, 0) is 0 Å². The summed E-state index contributed by atoms with van der Waals surface area (Å²) in [4.78, 5) is 54.7. The summed E-state index contributed by atoms with van der Waals surface area (Å²) < 4.78 is 0. The number of urea groups is 1. The van der Waals surface area contributed by atoms with Gasteiger partial charge in [0.15, 0.2) is 0 Å². The highest BCUT2D eigenvalue weighted by molar-refractivity contribution is 6.13. The Labute approximate surface area is 99.7 Å². The number of imide groups is 2. The molecule has 1 rings (SSSR count). The molecule has 98 valence electrons. The van der Waals surface area contributed by atoms with Crippen molar-refractivity contribution in [3.05, 3.63) is 0 Å². The second-order valence-electron chi connectivity index (χ2n) is 3.35. The van der Waals surface area contributed by atoms with Crippen molar-refractivity contribution in [3.63, 3.8) is 0 Å². The Morgan fingerprint density at radius 3 is 2.06 bits per heavy atom. The summed E-state index contributed by atoms with van der Waals surface area (Å²) in [6.45, 7) is -1.72. The minimum Gasteiger partial charge on any atom is -0.480 e. The first-order valence-corrected chi connectivity index (χ1v) is 4.66. The number of nitrogens with one attached hydrogen (secondary N) is 1. The van der Waals surface area contributed by atoms with Gasteiger partial charge in [-0.2, -0.15) is 10.0 Å². The van der Waals surface area contributed by atoms with Crippen LogP contribution in [0.2, 0.25) is 0 Å². The van der Waals surface area contributed by atoms with Crippen LogP contribution < -0.4 is 5.32 Å². The van der Waals surface area contributed by atoms with E-state index >= 15 is 0 Å². The fourth-order valence-electron chi connectivity index (χ4n) is 1.34. The molecule has 0 spiro atoms. The maximum Gasteiger partial charge on any atom is 0.345 e. The topological polar surface area (TPSA) is 144 Å². The molecule has 1 heterocycles. The molecule has 18 heavy (non-hydrogen) atoms. The predicted molar refractivity (Wildman–Crippen MR) is 51.8 cm³/mol. The van der Waals surface area contributed by atoms with Crippen molar-refractivity contribution >= 4 is 29.8 Å². The predicted octanol–water partition coefficient (Wildman–Crippen LogP) is -2.16. The van der Waals surface area contributed by atoms with Crippen LogP contribution in [0.25, 0.3) is 0 Å². The molecule has 0 aromatic rings. The zero-order chi connectivity index (χ0) is 13.9. The van der Waals surface area contributed by atoms with E-state index in [2.05, 4.69) is 0 Å². The number of carboxylic acids is 2. The lowest BCUT2D eigenvalue weighted by atomic mass is 10.3. The van der Waals surface area contributed by atoms with Crippen molar-refractivity contribution in [2.24, 2.45) is 0 Å². The van der Waals surface area contributed by atoms with Crippen molar-refractivity contribution in [3.8, 4) is 0 Å². The molecular formula is C8H9N3O7. The first kappa shape index (κ1) is 13.6. The second kappa shape index (κ2) is 5.23. The first-order valence-electron chi connectivity index (χ1n) is 4.66. The molecule has 1 aliphatic rings. The number of hydrogen-bond donors (Lipinski definition) is 3. The monoisotopic (exact) mass is 259 g/mol. The van der Waals surface area contributed by atoms with Crippen LogP contribution in [0.15, 0.2) is 0 Å². The zero-order valence-corrected chi connectivity index (χ0v) is 8.95. The van der Waals surface area contributed by atoms with Gasteiger partial charge in [-0.3, -0.25) is 24.5 Å². The van der Waals surface area contributed by atoms with Gasteiger partial charge in [-0.1, -0.05) is 0 Å². The van der Waals surface area contributed by atoms with Crippen LogP contribution in [0.4, 0.5) is 4.79 Å². The Morgan fingerprint density at radius 2 is 1.67 bits per heavy atom. The molecule has 1 saturated heterocycles. The van der Waals surface area contributed by atoms with Crippen molar-refractivity contribution in [1.29, 1.82) is 0 Å². The zero-order valence-electron chi connectivity index (χ0n) is 8.95. The largest absolute Gasteiger partial charge is 0.480 e. The standard InChI is InChI=1S/C8H9N3O7/c12-4-1-5(13)11(8(18)9-4)10(2-6(14)15)3-7(16)17/h1-3H2,(H,14,15)(H,16,17)(H,9,12,18). The van der Waals surface area contributed by atoms with E-state index in [1.807, 2.05) is 0 Å². The van der Waals surface area contributed by atoms with Gasteiger partial charge in [-0.25, -0.2) is 4.79 Å². The minimum absolute atomic E-state index is 0.309. The minimum atomic E-state index is -1.42. The van der Waals surface area contributed by atoms with Gasteiger partial charge in [0.1, 0.15) is 19.5 Å². The Hall–Kier alpha value is -2.49. The summed E-state index contributed by atoms with van der Waals surface area (Å²) in [6, 6.07) is -1.17. The molecule has 1 aliphatic heterocycles. The smallest absolute Gasteiger partial charge is 0.345 e. The van der Waals surface area contributed by atoms with Gasteiger partial charge >= 0.3 is 18.0 Å². The highest BCUT2D eigenvalue weighted by Gasteiger charge is 2.36. The summed E-state index contributed by atoms with van der Waals surface area (Å²) in [5.74, 6) is -4.65. The normalized spacial score (nSPS) is 15.8. The molecule has 10 heteroatoms. The van der Waals surface area contributed by atoms with Gasteiger partial charge < -0.3 is 10.2 Å². The first-order chi connectivity index (χ1) is 8.31. The van der Waals surface area contributed by atoms with Gasteiger partial charge in [-0.15, -0.1) is 0 Å². The quantitative estimate of drug-likeness (QED) is 0.473. The highest BCUT2D eigenvalue weighted by Crippen LogP contribution is 2.07. The Kier molecular flexibility index (Phi) is 3.94. The summed E-state index contributed by atoms with van der Waals surface area (Å²) in [5.41, 5.74) is 0. The lowest BCUT2D eigenvalue weighted by Gasteiger charge is -2.32. The molecule has 0 unspecified atom stereocenters. The molecule has 0 aromatic carbocycles. The van der Waals surface area contributed by atoms with Crippen molar-refractivity contribution in [2.75, 3.05) is 13.1 Å². The van der Waals surface area contributed by atoms with Crippen molar-refractivity contribution in [2.45, 2.75) is 6.42 Å². The second-order valence-corrected chi connectivity index (χ2v) is 3.35. The third kappa shape index (κ3) is 3.25. The summed E-state index contributed by atoms with van der Waals surface area (Å²) in [6.07, 6.45) is -0.651. The molecule has 4 amide bonds. The van der Waals surface area contributed by atoms with Gasteiger partial charge in [0, 0.05) is 0 Å². The number of carbonyl (C=O) groups is 5. The summed E-state index contributed by atoms with van der Waals surface area (Å²) in [5, 5.41) is 19.8. The number of hydrogen-bond acceptors (Lipinski definition) is 6. The summed E-state index contributed by atoms with van der Waals surface area (Å²) >= 11 is 0. The molecule has 0 aliphatic carbocycles. The number of carbonyl (C=O) groups excluding carboxylic acids is 3. The maximum atomic E-state index is 11.4. The van der Waals surface area contributed by atoms with Crippen LogP contribution in [0, 0.1) is 0 Å². The van der Waals surface area contributed by atoms with E-state index in [-0.39, 0.29) is 0 Å². The van der Waals surface area contributed by atoms with E-state index < -0.39 is 49.3 Å². The van der Waals surface area contributed by atoms with E-state index in [1.165, 1.54) is 0 Å². The van der Waals surface area contributed by atoms with Crippen LogP contribution in [-0.2, 0) is 19.2 Å². The number of carboxylic acid groups (broad SMARTS) is 2. The maximum absolute atomic E-state index is 11.4. The molecule has 0 aromatic heterocycles. The van der Waals surface area contributed by atoms with Crippen LogP contribution in [0.3, 0.4) is 0 Å². The fraction of sp³-hybridized carbons (Fsp3) is 0.375. The number of nitrogens with zero attached hydrogens (tertiary/aromatic N) is 2. The van der Waals surface area contributed by atoms with Gasteiger partial charge in [0.25, 0.3) is 5.91 Å². The van der Waals surface area contributed by atoms with Crippen molar-refractivity contribution < 1.29 is 34.2 Å². The van der Waals surface area contributed by atoms with E-state index in [4.69, 9.17) is 10.2 Å². The number of barbiturate groups is 1. The molecule has 0 bridgehead atoms. The average Bonchev–Trinajstić information content (AvgIpc) is 2.12. The highest BCUT2D eigenvalue weighted by atomic mass is 16.4. The van der Waals surface area contributed by atoms with Crippen LogP contribution in [-0.4, -0.2) is 63.1 Å². The fourth-order valence-corrected chi connectivity index (χ4v) is 1.34. The van der Waals surface area contributed by atoms with E-state index in [0.29, 0.717) is 10.0 Å².